The molecule has 2 rings (SSSR count). The third-order valence-electron chi connectivity index (χ3n) is 2.29. The SMILES string of the molecule is Brc1ccc(CN[CH]c2ccccc2)cc1. The molecule has 0 amide bonds. The van der Waals surface area contributed by atoms with Crippen molar-refractivity contribution in [2.75, 3.05) is 0 Å². The van der Waals surface area contributed by atoms with Crippen LogP contribution < -0.4 is 5.32 Å². The molecule has 16 heavy (non-hydrogen) atoms. The lowest BCUT2D eigenvalue weighted by atomic mass is 10.2. The number of hydrogen-bond acceptors (Lipinski definition) is 1. The van der Waals surface area contributed by atoms with E-state index in [4.69, 9.17) is 0 Å². The minimum atomic E-state index is 0.849. The van der Waals surface area contributed by atoms with Gasteiger partial charge in [-0.25, -0.2) is 0 Å². The van der Waals surface area contributed by atoms with E-state index in [0.29, 0.717) is 0 Å². The van der Waals surface area contributed by atoms with Gasteiger partial charge in [0.05, 0.1) is 6.54 Å². The van der Waals surface area contributed by atoms with Crippen LogP contribution in [0.25, 0.3) is 0 Å². The van der Waals surface area contributed by atoms with E-state index < -0.39 is 0 Å². The van der Waals surface area contributed by atoms with Gasteiger partial charge in [0.15, 0.2) is 0 Å². The van der Waals surface area contributed by atoms with E-state index in [1.807, 2.05) is 24.7 Å². The summed E-state index contributed by atoms with van der Waals surface area (Å²) < 4.78 is 1.11. The summed E-state index contributed by atoms with van der Waals surface area (Å²) in [4.78, 5) is 0. The summed E-state index contributed by atoms with van der Waals surface area (Å²) in [5.74, 6) is 0. The molecule has 0 heterocycles. The van der Waals surface area contributed by atoms with Gasteiger partial charge in [-0.3, -0.25) is 0 Å². The summed E-state index contributed by atoms with van der Waals surface area (Å²) >= 11 is 3.42. The number of nitrogens with one attached hydrogen (secondary N) is 1. The second-order valence-corrected chi connectivity index (χ2v) is 4.48. The van der Waals surface area contributed by atoms with Crippen LogP contribution in [0.2, 0.25) is 0 Å². The number of hydrogen-bond donors (Lipinski definition) is 1. The monoisotopic (exact) mass is 274 g/mol. The van der Waals surface area contributed by atoms with Crippen LogP contribution in [-0.2, 0) is 6.54 Å². The molecule has 81 valence electrons. The van der Waals surface area contributed by atoms with E-state index in [2.05, 4.69) is 57.6 Å². The van der Waals surface area contributed by atoms with Crippen molar-refractivity contribution in [3.63, 3.8) is 0 Å². The highest BCUT2D eigenvalue weighted by Crippen LogP contribution is 2.10. The van der Waals surface area contributed by atoms with Gasteiger partial charge >= 0.3 is 0 Å². The predicted octanol–water partition coefficient (Wildman–Crippen LogP) is 3.75. The van der Waals surface area contributed by atoms with Crippen LogP contribution in [-0.4, -0.2) is 0 Å². The van der Waals surface area contributed by atoms with Crippen LogP contribution in [0.1, 0.15) is 11.1 Å². The first-order chi connectivity index (χ1) is 7.84. The second-order valence-electron chi connectivity index (χ2n) is 3.56. The molecule has 1 radical (unpaired) electrons. The molecule has 0 spiro atoms. The van der Waals surface area contributed by atoms with Crippen molar-refractivity contribution in [3.05, 3.63) is 76.7 Å². The summed E-state index contributed by atoms with van der Waals surface area (Å²) in [5.41, 5.74) is 2.47. The standard InChI is InChI=1S/C14H13BrN/c15-14-8-6-13(7-9-14)11-16-10-12-4-2-1-3-5-12/h1-10,16H,11H2. The van der Waals surface area contributed by atoms with Gasteiger partial charge < -0.3 is 5.32 Å². The van der Waals surface area contributed by atoms with E-state index in [1.165, 1.54) is 11.1 Å². The van der Waals surface area contributed by atoms with Gasteiger partial charge in [-0.1, -0.05) is 58.4 Å². The lowest BCUT2D eigenvalue weighted by Gasteiger charge is -2.04. The fourth-order valence-electron chi connectivity index (χ4n) is 1.44. The van der Waals surface area contributed by atoms with Crippen molar-refractivity contribution < 1.29 is 0 Å². The molecule has 0 aliphatic heterocycles. The van der Waals surface area contributed by atoms with Crippen LogP contribution in [0.5, 0.6) is 0 Å². The molecule has 2 aromatic carbocycles. The fourth-order valence-corrected chi connectivity index (χ4v) is 1.70. The van der Waals surface area contributed by atoms with Crippen molar-refractivity contribution in [2.45, 2.75) is 6.54 Å². The molecule has 2 heteroatoms. The Morgan fingerprint density at radius 3 is 2.31 bits per heavy atom. The van der Waals surface area contributed by atoms with Crippen molar-refractivity contribution in [3.8, 4) is 0 Å². The van der Waals surface area contributed by atoms with Crippen molar-refractivity contribution in [2.24, 2.45) is 0 Å². The lowest BCUT2D eigenvalue weighted by molar-refractivity contribution is 0.819. The Morgan fingerprint density at radius 1 is 0.938 bits per heavy atom. The Morgan fingerprint density at radius 2 is 1.62 bits per heavy atom. The maximum Gasteiger partial charge on any atom is 0.0521 e. The summed E-state index contributed by atoms with van der Waals surface area (Å²) in [6.45, 7) is 2.88. The molecular formula is C14H13BrN. The van der Waals surface area contributed by atoms with Gasteiger partial charge in [0, 0.05) is 11.0 Å². The summed E-state index contributed by atoms with van der Waals surface area (Å²) in [6, 6.07) is 18.6. The van der Waals surface area contributed by atoms with Gasteiger partial charge in [0.2, 0.25) is 0 Å². The maximum atomic E-state index is 3.42. The van der Waals surface area contributed by atoms with E-state index in [-0.39, 0.29) is 0 Å². The lowest BCUT2D eigenvalue weighted by Crippen LogP contribution is -2.09. The molecular weight excluding hydrogens is 262 g/mol. The zero-order valence-corrected chi connectivity index (χ0v) is 10.4. The Bertz CT molecular complexity index is 422. The fraction of sp³-hybridized carbons (Fsp3) is 0.0714. The topological polar surface area (TPSA) is 12.0 Å². The van der Waals surface area contributed by atoms with Gasteiger partial charge in [-0.15, -0.1) is 0 Å². The highest BCUT2D eigenvalue weighted by Gasteiger charge is 1.94. The van der Waals surface area contributed by atoms with Gasteiger partial charge in [0.25, 0.3) is 0 Å². The average Bonchev–Trinajstić information content (AvgIpc) is 2.33. The summed E-state index contributed by atoms with van der Waals surface area (Å²) in [7, 11) is 0. The first-order valence-corrected chi connectivity index (χ1v) is 6.00. The molecule has 1 N–H and O–H groups in total. The van der Waals surface area contributed by atoms with Gasteiger partial charge in [0.1, 0.15) is 0 Å². The first kappa shape index (κ1) is 11.4. The molecule has 1 nitrogen and oxygen atoms in total. The van der Waals surface area contributed by atoms with Crippen LogP contribution in [0.15, 0.2) is 59.1 Å². The quantitative estimate of drug-likeness (QED) is 0.896. The minimum Gasteiger partial charge on any atom is -0.304 e. The summed E-state index contributed by atoms with van der Waals surface area (Å²) in [5, 5.41) is 3.30. The van der Waals surface area contributed by atoms with E-state index in [1.54, 1.807) is 0 Å². The minimum absolute atomic E-state index is 0.849. The van der Waals surface area contributed by atoms with Crippen LogP contribution >= 0.6 is 15.9 Å². The molecule has 0 aliphatic carbocycles. The van der Waals surface area contributed by atoms with Crippen molar-refractivity contribution in [1.29, 1.82) is 0 Å². The van der Waals surface area contributed by atoms with Gasteiger partial charge in [-0.2, -0.15) is 0 Å². The molecule has 0 saturated carbocycles. The molecule has 2 aromatic rings. The molecule has 0 saturated heterocycles. The number of rotatable bonds is 4. The van der Waals surface area contributed by atoms with Crippen LogP contribution in [0.4, 0.5) is 0 Å². The Kier molecular flexibility index (Phi) is 4.14. The van der Waals surface area contributed by atoms with Gasteiger partial charge in [-0.05, 0) is 23.3 Å². The second kappa shape index (κ2) is 5.83. The molecule has 0 aromatic heterocycles. The third kappa shape index (κ3) is 3.47. The molecule has 0 atom stereocenters. The highest BCUT2D eigenvalue weighted by molar-refractivity contribution is 9.10. The summed E-state index contributed by atoms with van der Waals surface area (Å²) in [6.07, 6.45) is 0. The maximum absolute atomic E-state index is 3.42. The number of benzene rings is 2. The molecule has 0 aliphatic rings. The Balaban J connectivity index is 1.82. The smallest absolute Gasteiger partial charge is 0.0521 e. The van der Waals surface area contributed by atoms with Crippen molar-refractivity contribution in [1.82, 2.24) is 5.32 Å². The largest absolute Gasteiger partial charge is 0.304 e. The Labute approximate surface area is 105 Å². The first-order valence-electron chi connectivity index (χ1n) is 5.21. The van der Waals surface area contributed by atoms with E-state index >= 15 is 0 Å². The molecule has 0 bridgehead atoms. The third-order valence-corrected chi connectivity index (χ3v) is 2.82. The average molecular weight is 275 g/mol. The van der Waals surface area contributed by atoms with Crippen molar-refractivity contribution >= 4 is 15.9 Å². The normalized spacial score (nSPS) is 10.3. The van der Waals surface area contributed by atoms with Crippen LogP contribution in [0.3, 0.4) is 0 Å². The molecule has 0 fully saturated rings. The zero-order valence-electron chi connectivity index (χ0n) is 8.86. The number of halogens is 1. The Hall–Kier alpha value is -1.12. The molecule has 0 unspecified atom stereocenters. The van der Waals surface area contributed by atoms with Crippen LogP contribution in [0, 0.1) is 6.54 Å². The van der Waals surface area contributed by atoms with E-state index in [9.17, 15) is 0 Å². The van der Waals surface area contributed by atoms with E-state index in [0.717, 1.165) is 11.0 Å². The zero-order chi connectivity index (χ0) is 11.2. The highest BCUT2D eigenvalue weighted by atomic mass is 79.9. The predicted molar refractivity (Wildman–Crippen MR) is 70.8 cm³/mol.